The van der Waals surface area contributed by atoms with Gasteiger partial charge >= 0.3 is 0 Å². The minimum Gasteiger partial charge on any atom is -0.495 e. The van der Waals surface area contributed by atoms with Crippen molar-refractivity contribution in [3.05, 3.63) is 46.9 Å². The van der Waals surface area contributed by atoms with Crippen molar-refractivity contribution < 1.29 is 19.1 Å². The van der Waals surface area contributed by atoms with Gasteiger partial charge in [0.05, 0.1) is 12.8 Å². The Bertz CT molecular complexity index is 712. The average Bonchev–Trinajstić information content (AvgIpc) is 2.92. The lowest BCUT2D eigenvalue weighted by Gasteiger charge is -2.09. The summed E-state index contributed by atoms with van der Waals surface area (Å²) < 4.78 is 10.2. The van der Waals surface area contributed by atoms with E-state index in [1.54, 1.807) is 18.2 Å². The fraction of sp³-hybridized carbons (Fsp3) is 0.133. The number of furan rings is 1. The fourth-order valence-corrected chi connectivity index (χ4v) is 1.79. The van der Waals surface area contributed by atoms with Gasteiger partial charge in [0, 0.05) is 5.56 Å². The highest BCUT2D eigenvalue weighted by Crippen LogP contribution is 2.26. The highest BCUT2D eigenvalue weighted by Gasteiger charge is 2.13. The topological polar surface area (TPSA) is 71.7 Å². The summed E-state index contributed by atoms with van der Waals surface area (Å²) in [5, 5.41) is 11.5. The molecule has 1 amide bonds. The second-order valence-electron chi connectivity index (χ2n) is 3.93. The summed E-state index contributed by atoms with van der Waals surface area (Å²) in [7, 11) is 1.49. The molecule has 0 aliphatic heterocycles. The molecule has 1 heterocycles. The molecular weight excluding hydrogens is 294 g/mol. The molecular formula is C15H12ClNO4. The third kappa shape index (κ3) is 3.78. The van der Waals surface area contributed by atoms with E-state index in [1.807, 2.05) is 0 Å². The van der Waals surface area contributed by atoms with Gasteiger partial charge in [-0.15, -0.1) is 0 Å². The molecule has 0 radical (unpaired) electrons. The molecule has 0 bridgehead atoms. The minimum atomic E-state index is -0.451. The molecule has 0 aliphatic carbocycles. The molecule has 5 nitrogen and oxygen atoms in total. The van der Waals surface area contributed by atoms with Crippen molar-refractivity contribution in [1.29, 1.82) is 0 Å². The molecule has 0 fully saturated rings. The minimum absolute atomic E-state index is 0.0916. The summed E-state index contributed by atoms with van der Waals surface area (Å²) >= 11 is 5.64. The molecule has 108 valence electrons. The van der Waals surface area contributed by atoms with E-state index in [0.29, 0.717) is 17.0 Å². The van der Waals surface area contributed by atoms with Crippen LogP contribution in [0.15, 0.2) is 34.7 Å². The highest BCUT2D eigenvalue weighted by atomic mass is 35.5. The van der Waals surface area contributed by atoms with Crippen molar-refractivity contribution in [1.82, 2.24) is 0 Å². The lowest BCUT2D eigenvalue weighted by Crippen LogP contribution is -2.11. The zero-order valence-corrected chi connectivity index (χ0v) is 11.9. The molecule has 0 saturated carbocycles. The van der Waals surface area contributed by atoms with Crippen LogP contribution in [0.3, 0.4) is 0 Å². The summed E-state index contributed by atoms with van der Waals surface area (Å²) in [5.41, 5.74) is 1.08. The Morgan fingerprint density at radius 2 is 2.24 bits per heavy atom. The number of benzene rings is 1. The van der Waals surface area contributed by atoms with Gasteiger partial charge in [0.1, 0.15) is 12.4 Å². The maximum Gasteiger partial charge on any atom is 0.291 e. The molecule has 0 saturated heterocycles. The van der Waals surface area contributed by atoms with Crippen molar-refractivity contribution in [2.45, 2.75) is 0 Å². The number of carbonyl (C=O) groups excluding carboxylic acids is 1. The van der Waals surface area contributed by atoms with Crippen molar-refractivity contribution in [3.63, 3.8) is 0 Å². The lowest BCUT2D eigenvalue weighted by atomic mass is 10.2. The standard InChI is InChI=1S/C15H12ClNO4/c1-20-12-5-4-10(3-2-8-18)9-11(12)17-15(19)13-6-7-14(16)21-13/h4-7,9,18H,8H2,1H3,(H,17,19). The number of amides is 1. The first kappa shape index (κ1) is 15.0. The molecule has 21 heavy (non-hydrogen) atoms. The van der Waals surface area contributed by atoms with E-state index in [2.05, 4.69) is 17.2 Å². The van der Waals surface area contributed by atoms with Gasteiger partial charge in [-0.2, -0.15) is 0 Å². The van der Waals surface area contributed by atoms with E-state index in [1.165, 1.54) is 19.2 Å². The number of hydrogen-bond acceptors (Lipinski definition) is 4. The van der Waals surface area contributed by atoms with Crippen LogP contribution in [0.2, 0.25) is 5.22 Å². The number of ether oxygens (including phenoxy) is 1. The van der Waals surface area contributed by atoms with Crippen LogP contribution in [0, 0.1) is 11.8 Å². The van der Waals surface area contributed by atoms with Crippen LogP contribution in [0.4, 0.5) is 5.69 Å². The molecule has 0 aliphatic rings. The zero-order valence-electron chi connectivity index (χ0n) is 11.1. The van der Waals surface area contributed by atoms with Crippen molar-refractivity contribution in [2.24, 2.45) is 0 Å². The predicted molar refractivity (Wildman–Crippen MR) is 78.6 cm³/mol. The Labute approximate surface area is 126 Å². The van der Waals surface area contributed by atoms with Crippen molar-refractivity contribution in [2.75, 3.05) is 19.0 Å². The Hall–Kier alpha value is -2.42. The second-order valence-corrected chi connectivity index (χ2v) is 4.31. The van der Waals surface area contributed by atoms with Gasteiger partial charge in [0.2, 0.25) is 0 Å². The van der Waals surface area contributed by atoms with Crippen LogP contribution in [0.1, 0.15) is 16.1 Å². The van der Waals surface area contributed by atoms with Gasteiger partial charge in [0.25, 0.3) is 5.91 Å². The van der Waals surface area contributed by atoms with E-state index in [-0.39, 0.29) is 17.6 Å². The van der Waals surface area contributed by atoms with E-state index >= 15 is 0 Å². The maximum atomic E-state index is 12.0. The van der Waals surface area contributed by atoms with Crippen LogP contribution in [-0.4, -0.2) is 24.7 Å². The van der Waals surface area contributed by atoms with Gasteiger partial charge in [-0.3, -0.25) is 4.79 Å². The molecule has 0 unspecified atom stereocenters. The average molecular weight is 306 g/mol. The molecule has 2 rings (SSSR count). The van der Waals surface area contributed by atoms with Gasteiger partial charge in [-0.25, -0.2) is 0 Å². The van der Waals surface area contributed by atoms with E-state index in [9.17, 15) is 4.79 Å². The Kier molecular flexibility index (Phi) is 4.88. The summed E-state index contributed by atoms with van der Waals surface area (Å²) in [6.07, 6.45) is 0. The number of aliphatic hydroxyl groups is 1. The lowest BCUT2D eigenvalue weighted by molar-refractivity contribution is 0.0996. The first-order valence-electron chi connectivity index (χ1n) is 5.98. The number of halogens is 1. The first-order chi connectivity index (χ1) is 10.1. The van der Waals surface area contributed by atoms with E-state index in [4.69, 9.17) is 25.9 Å². The number of rotatable bonds is 3. The van der Waals surface area contributed by atoms with Gasteiger partial charge < -0.3 is 19.6 Å². The van der Waals surface area contributed by atoms with Crippen LogP contribution >= 0.6 is 11.6 Å². The third-order valence-electron chi connectivity index (χ3n) is 2.56. The fourth-order valence-electron chi connectivity index (χ4n) is 1.65. The molecule has 2 N–H and O–H groups in total. The summed E-state index contributed by atoms with van der Waals surface area (Å²) in [6.45, 7) is -0.237. The number of aliphatic hydroxyl groups excluding tert-OH is 1. The number of anilines is 1. The predicted octanol–water partition coefficient (Wildman–Crippen LogP) is 2.54. The van der Waals surface area contributed by atoms with Gasteiger partial charge in [-0.05, 0) is 41.9 Å². The second kappa shape index (κ2) is 6.84. The monoisotopic (exact) mass is 305 g/mol. The van der Waals surface area contributed by atoms with Crippen LogP contribution in [0.25, 0.3) is 0 Å². The largest absolute Gasteiger partial charge is 0.495 e. The molecule has 2 aromatic rings. The van der Waals surface area contributed by atoms with E-state index in [0.717, 1.165) is 0 Å². The summed E-state index contributed by atoms with van der Waals surface area (Å²) in [5.74, 6) is 5.41. The maximum absolute atomic E-state index is 12.0. The SMILES string of the molecule is COc1ccc(C#CCO)cc1NC(=O)c1ccc(Cl)o1. The highest BCUT2D eigenvalue weighted by molar-refractivity contribution is 6.29. The van der Waals surface area contributed by atoms with Gasteiger partial charge in [-0.1, -0.05) is 11.8 Å². The Morgan fingerprint density at radius 3 is 2.86 bits per heavy atom. The van der Waals surface area contributed by atoms with Crippen molar-refractivity contribution in [3.8, 4) is 17.6 Å². The molecule has 1 aromatic heterocycles. The number of hydrogen-bond donors (Lipinski definition) is 2. The summed E-state index contributed by atoms with van der Waals surface area (Å²) in [4.78, 5) is 12.0. The molecule has 1 aromatic carbocycles. The van der Waals surface area contributed by atoms with Crippen LogP contribution in [0.5, 0.6) is 5.75 Å². The molecule has 0 spiro atoms. The normalized spacial score (nSPS) is 9.67. The number of carbonyl (C=O) groups is 1. The first-order valence-corrected chi connectivity index (χ1v) is 6.36. The van der Waals surface area contributed by atoms with Crippen LogP contribution < -0.4 is 10.1 Å². The van der Waals surface area contributed by atoms with Crippen molar-refractivity contribution >= 4 is 23.2 Å². The van der Waals surface area contributed by atoms with Gasteiger partial charge in [0.15, 0.2) is 11.0 Å². The van der Waals surface area contributed by atoms with Crippen LogP contribution in [-0.2, 0) is 0 Å². The quantitative estimate of drug-likeness (QED) is 0.855. The molecule has 0 atom stereocenters. The molecule has 6 heteroatoms. The Morgan fingerprint density at radius 1 is 1.43 bits per heavy atom. The third-order valence-corrected chi connectivity index (χ3v) is 2.76. The summed E-state index contributed by atoms with van der Waals surface area (Å²) in [6, 6.07) is 7.99. The smallest absolute Gasteiger partial charge is 0.291 e. The number of methoxy groups -OCH3 is 1. The Balaban J connectivity index is 2.26. The zero-order chi connectivity index (χ0) is 15.2. The number of nitrogens with one attached hydrogen (secondary N) is 1. The van der Waals surface area contributed by atoms with E-state index < -0.39 is 5.91 Å².